The maximum atomic E-state index is 5.29. The van der Waals surface area contributed by atoms with Crippen LogP contribution in [0.5, 0.6) is 0 Å². The number of hydrazone groups is 1. The average Bonchev–Trinajstić information content (AvgIpc) is 2.58. The van der Waals surface area contributed by atoms with Gasteiger partial charge in [0.15, 0.2) is 5.11 Å². The minimum atomic E-state index is 0.507. The van der Waals surface area contributed by atoms with E-state index in [4.69, 9.17) is 12.2 Å². The van der Waals surface area contributed by atoms with Crippen LogP contribution in [0.2, 0.25) is 0 Å². The van der Waals surface area contributed by atoms with Gasteiger partial charge in [-0.2, -0.15) is 5.10 Å². The number of anilines is 1. The van der Waals surface area contributed by atoms with E-state index in [-0.39, 0.29) is 0 Å². The van der Waals surface area contributed by atoms with Crippen LogP contribution >= 0.6 is 12.2 Å². The molecule has 0 bridgehead atoms. The van der Waals surface area contributed by atoms with Crippen molar-refractivity contribution in [2.75, 3.05) is 18.0 Å². The van der Waals surface area contributed by atoms with E-state index in [1.54, 1.807) is 6.21 Å². The number of benzene rings is 1. The smallest absolute Gasteiger partial charge is 0.187 e. The number of rotatable bonds is 6. The summed E-state index contributed by atoms with van der Waals surface area (Å²) >= 11 is 5.29. The number of nitrogens with one attached hydrogen (secondary N) is 2. The first kappa shape index (κ1) is 17.7. The van der Waals surface area contributed by atoms with Gasteiger partial charge in [-0.25, -0.2) is 0 Å². The Labute approximate surface area is 145 Å². The lowest BCUT2D eigenvalue weighted by molar-refractivity contribution is 0.412. The molecule has 1 aliphatic carbocycles. The molecule has 0 aliphatic heterocycles. The standard InChI is InChI=1S/C18H28N4S/c1-3-22(4-2)17-12-10-15(11-13-17)14-19-21-18(23)20-16-8-6-5-7-9-16/h10-14,16H,3-9H2,1-2H3,(H2,20,21,23). The Balaban J connectivity index is 1.79. The molecule has 5 heteroatoms. The van der Waals surface area contributed by atoms with Gasteiger partial charge in [-0.05, 0) is 56.6 Å². The average molecular weight is 333 g/mol. The van der Waals surface area contributed by atoms with Crippen LogP contribution < -0.4 is 15.6 Å². The van der Waals surface area contributed by atoms with Gasteiger partial charge < -0.3 is 10.2 Å². The summed E-state index contributed by atoms with van der Waals surface area (Å²) in [6.07, 6.45) is 8.16. The molecule has 0 saturated heterocycles. The minimum Gasteiger partial charge on any atom is -0.372 e. The summed E-state index contributed by atoms with van der Waals surface area (Å²) in [4.78, 5) is 2.32. The van der Waals surface area contributed by atoms with Gasteiger partial charge in [-0.1, -0.05) is 31.4 Å². The third-order valence-corrected chi connectivity index (χ3v) is 4.55. The summed E-state index contributed by atoms with van der Waals surface area (Å²) in [6.45, 7) is 6.38. The molecule has 1 aromatic carbocycles. The van der Waals surface area contributed by atoms with E-state index in [0.29, 0.717) is 11.2 Å². The molecule has 0 aromatic heterocycles. The number of hydrogen-bond donors (Lipinski definition) is 2. The van der Waals surface area contributed by atoms with Crippen molar-refractivity contribution in [2.45, 2.75) is 52.0 Å². The molecule has 0 radical (unpaired) electrons. The van der Waals surface area contributed by atoms with E-state index in [1.165, 1.54) is 37.8 Å². The van der Waals surface area contributed by atoms with Crippen LogP contribution in [0.4, 0.5) is 5.69 Å². The molecule has 0 heterocycles. The number of hydrogen-bond acceptors (Lipinski definition) is 3. The summed E-state index contributed by atoms with van der Waals surface area (Å²) < 4.78 is 0. The fourth-order valence-electron chi connectivity index (χ4n) is 2.99. The SMILES string of the molecule is CCN(CC)c1ccc(C=NNC(=S)NC2CCCCC2)cc1. The first-order chi connectivity index (χ1) is 11.2. The molecular weight excluding hydrogens is 304 g/mol. The van der Waals surface area contributed by atoms with Crippen molar-refractivity contribution in [1.29, 1.82) is 0 Å². The molecule has 23 heavy (non-hydrogen) atoms. The predicted molar refractivity (Wildman–Crippen MR) is 103 cm³/mol. The Hall–Kier alpha value is -1.62. The Morgan fingerprint density at radius 3 is 2.43 bits per heavy atom. The fourth-order valence-corrected chi connectivity index (χ4v) is 3.21. The molecule has 1 aromatic rings. The monoisotopic (exact) mass is 332 g/mol. The lowest BCUT2D eigenvalue weighted by atomic mass is 9.96. The van der Waals surface area contributed by atoms with Gasteiger partial charge in [-0.3, -0.25) is 5.43 Å². The van der Waals surface area contributed by atoms with Gasteiger partial charge in [0, 0.05) is 24.8 Å². The second-order valence-electron chi connectivity index (χ2n) is 5.94. The topological polar surface area (TPSA) is 39.7 Å². The number of nitrogens with zero attached hydrogens (tertiary/aromatic N) is 2. The summed E-state index contributed by atoms with van der Waals surface area (Å²) in [7, 11) is 0. The lowest BCUT2D eigenvalue weighted by Gasteiger charge is -2.23. The normalized spacial score (nSPS) is 15.6. The second kappa shape index (κ2) is 9.50. The Bertz CT molecular complexity index is 502. The summed E-state index contributed by atoms with van der Waals surface area (Å²) in [5.74, 6) is 0. The summed E-state index contributed by atoms with van der Waals surface area (Å²) in [6, 6.07) is 8.93. The van der Waals surface area contributed by atoms with Gasteiger partial charge in [0.25, 0.3) is 0 Å². The van der Waals surface area contributed by atoms with Gasteiger partial charge in [0.1, 0.15) is 0 Å². The van der Waals surface area contributed by atoms with Crippen molar-refractivity contribution in [3.8, 4) is 0 Å². The van der Waals surface area contributed by atoms with Crippen LogP contribution in [0.1, 0.15) is 51.5 Å². The number of thiocarbonyl (C=S) groups is 1. The second-order valence-corrected chi connectivity index (χ2v) is 6.35. The molecule has 0 atom stereocenters. The molecular formula is C18H28N4S. The largest absolute Gasteiger partial charge is 0.372 e. The highest BCUT2D eigenvalue weighted by Crippen LogP contribution is 2.17. The van der Waals surface area contributed by atoms with Crippen LogP contribution in [0.25, 0.3) is 0 Å². The van der Waals surface area contributed by atoms with Crippen LogP contribution in [0, 0.1) is 0 Å². The third kappa shape index (κ3) is 5.82. The van der Waals surface area contributed by atoms with Gasteiger partial charge in [0.05, 0.1) is 6.21 Å². The van der Waals surface area contributed by atoms with Gasteiger partial charge in [-0.15, -0.1) is 0 Å². The third-order valence-electron chi connectivity index (χ3n) is 4.34. The van der Waals surface area contributed by atoms with E-state index in [0.717, 1.165) is 18.7 Å². The van der Waals surface area contributed by atoms with Crippen LogP contribution in [-0.2, 0) is 0 Å². The van der Waals surface area contributed by atoms with E-state index < -0.39 is 0 Å². The quantitative estimate of drug-likeness (QED) is 0.474. The molecule has 2 N–H and O–H groups in total. The van der Waals surface area contributed by atoms with E-state index in [2.05, 4.69) is 58.9 Å². The first-order valence-electron chi connectivity index (χ1n) is 8.67. The highest BCUT2D eigenvalue weighted by Gasteiger charge is 2.13. The van der Waals surface area contributed by atoms with Gasteiger partial charge >= 0.3 is 0 Å². The first-order valence-corrected chi connectivity index (χ1v) is 9.08. The van der Waals surface area contributed by atoms with Crippen molar-refractivity contribution in [2.24, 2.45) is 5.10 Å². The summed E-state index contributed by atoms with van der Waals surface area (Å²) in [5, 5.41) is 8.19. The highest BCUT2D eigenvalue weighted by molar-refractivity contribution is 7.80. The zero-order valence-corrected chi connectivity index (χ0v) is 15.0. The molecule has 1 saturated carbocycles. The van der Waals surface area contributed by atoms with Crippen LogP contribution in [-0.4, -0.2) is 30.5 Å². The Morgan fingerprint density at radius 1 is 1.17 bits per heavy atom. The Kier molecular flexibility index (Phi) is 7.33. The summed E-state index contributed by atoms with van der Waals surface area (Å²) in [5.41, 5.74) is 5.23. The molecule has 0 unspecified atom stereocenters. The zero-order valence-electron chi connectivity index (χ0n) is 14.2. The van der Waals surface area contributed by atoms with Crippen LogP contribution in [0.3, 0.4) is 0 Å². The van der Waals surface area contributed by atoms with Crippen LogP contribution in [0.15, 0.2) is 29.4 Å². The van der Waals surface area contributed by atoms with Crippen molar-refractivity contribution < 1.29 is 0 Å². The molecule has 126 valence electrons. The Morgan fingerprint density at radius 2 is 1.83 bits per heavy atom. The molecule has 0 spiro atoms. The maximum Gasteiger partial charge on any atom is 0.187 e. The molecule has 1 fully saturated rings. The van der Waals surface area contributed by atoms with E-state index in [9.17, 15) is 0 Å². The van der Waals surface area contributed by atoms with E-state index in [1.807, 2.05) is 0 Å². The lowest BCUT2D eigenvalue weighted by Crippen LogP contribution is -2.40. The van der Waals surface area contributed by atoms with Crippen molar-refractivity contribution in [1.82, 2.24) is 10.7 Å². The minimum absolute atomic E-state index is 0.507. The predicted octanol–water partition coefficient (Wildman–Crippen LogP) is 3.66. The molecule has 1 aliphatic rings. The van der Waals surface area contributed by atoms with E-state index >= 15 is 0 Å². The molecule has 0 amide bonds. The highest BCUT2D eigenvalue weighted by atomic mass is 32.1. The molecule has 4 nitrogen and oxygen atoms in total. The van der Waals surface area contributed by atoms with Crippen molar-refractivity contribution in [3.63, 3.8) is 0 Å². The molecule has 2 rings (SSSR count). The van der Waals surface area contributed by atoms with Crippen molar-refractivity contribution in [3.05, 3.63) is 29.8 Å². The fraction of sp³-hybridized carbons (Fsp3) is 0.556. The van der Waals surface area contributed by atoms with Crippen molar-refractivity contribution >= 4 is 29.2 Å². The van der Waals surface area contributed by atoms with Gasteiger partial charge in [0.2, 0.25) is 0 Å². The maximum absolute atomic E-state index is 5.29. The zero-order chi connectivity index (χ0) is 16.5.